The maximum Gasteiger partial charge on any atom is 0.318 e. The van der Waals surface area contributed by atoms with Crippen LogP contribution in [0.2, 0.25) is 0 Å². The molecule has 186 valence electrons. The minimum atomic E-state index is -0.392. The fraction of sp³-hybridized carbons (Fsp3) is 0.407. The molecule has 0 bridgehead atoms. The summed E-state index contributed by atoms with van der Waals surface area (Å²) < 4.78 is 27.2. The lowest BCUT2D eigenvalue weighted by Gasteiger charge is -2.30. The number of ether oxygens (including phenoxy) is 2. The SMILES string of the molecule is Cn1nc(-c2ccccc2)c(CN(CC2CCCO2)C(=O)NC(C)(C)C)c1Oc1ccc(F)cc1. The van der Waals surface area contributed by atoms with Gasteiger partial charge in [-0.2, -0.15) is 5.10 Å². The van der Waals surface area contributed by atoms with Crippen molar-refractivity contribution in [1.82, 2.24) is 20.0 Å². The standard InChI is InChI=1S/C27H33FN4O3/c1-27(2,3)29-26(33)32(17-22-11-8-16-34-22)18-23-24(19-9-6-5-7-10-19)30-31(4)25(23)35-21-14-12-20(28)13-15-21/h5-7,9-10,12-15,22H,8,11,16-18H2,1-4H3,(H,29,33). The van der Waals surface area contributed by atoms with Gasteiger partial charge in [-0.15, -0.1) is 0 Å². The monoisotopic (exact) mass is 480 g/mol. The highest BCUT2D eigenvalue weighted by molar-refractivity contribution is 5.76. The highest BCUT2D eigenvalue weighted by atomic mass is 19.1. The molecule has 3 aromatic rings. The first-order valence-corrected chi connectivity index (χ1v) is 11.9. The lowest BCUT2D eigenvalue weighted by atomic mass is 10.1. The molecule has 8 heteroatoms. The van der Waals surface area contributed by atoms with Crippen molar-refractivity contribution in [2.75, 3.05) is 13.2 Å². The lowest BCUT2D eigenvalue weighted by Crippen LogP contribution is -2.50. The normalized spacial score (nSPS) is 15.7. The zero-order chi connectivity index (χ0) is 25.0. The van der Waals surface area contributed by atoms with Gasteiger partial charge in [-0.05, 0) is 57.9 Å². The van der Waals surface area contributed by atoms with E-state index in [1.165, 1.54) is 12.1 Å². The van der Waals surface area contributed by atoms with E-state index in [1.54, 1.807) is 28.8 Å². The Labute approximate surface area is 205 Å². The first kappa shape index (κ1) is 24.7. The van der Waals surface area contributed by atoms with Gasteiger partial charge < -0.3 is 19.7 Å². The highest BCUT2D eigenvalue weighted by Crippen LogP contribution is 2.34. The highest BCUT2D eigenvalue weighted by Gasteiger charge is 2.29. The van der Waals surface area contributed by atoms with Gasteiger partial charge in [0.05, 0.1) is 18.2 Å². The number of halogens is 1. The van der Waals surface area contributed by atoms with Gasteiger partial charge in [0, 0.05) is 31.3 Å². The topological polar surface area (TPSA) is 68.6 Å². The zero-order valence-electron chi connectivity index (χ0n) is 20.8. The molecule has 0 aliphatic carbocycles. The van der Waals surface area contributed by atoms with Crippen LogP contribution in [0.25, 0.3) is 11.3 Å². The van der Waals surface area contributed by atoms with Crippen LogP contribution in [0.5, 0.6) is 11.6 Å². The largest absolute Gasteiger partial charge is 0.439 e. The molecule has 2 amide bonds. The maximum absolute atomic E-state index is 13.5. The molecule has 1 aliphatic heterocycles. The molecule has 1 atom stereocenters. The molecule has 0 saturated carbocycles. The Morgan fingerprint density at radius 3 is 2.54 bits per heavy atom. The van der Waals surface area contributed by atoms with Gasteiger partial charge in [-0.3, -0.25) is 0 Å². The minimum Gasteiger partial charge on any atom is -0.439 e. The summed E-state index contributed by atoms with van der Waals surface area (Å²) in [6.07, 6.45) is 1.89. The Morgan fingerprint density at radius 1 is 1.20 bits per heavy atom. The Balaban J connectivity index is 1.73. The molecule has 0 spiro atoms. The van der Waals surface area contributed by atoms with Crippen molar-refractivity contribution < 1.29 is 18.7 Å². The van der Waals surface area contributed by atoms with Gasteiger partial charge in [-0.25, -0.2) is 13.9 Å². The second kappa shape index (κ2) is 10.5. The van der Waals surface area contributed by atoms with E-state index in [-0.39, 0.29) is 24.5 Å². The van der Waals surface area contributed by atoms with Crippen molar-refractivity contribution in [3.05, 3.63) is 66.0 Å². The number of nitrogens with one attached hydrogen (secondary N) is 1. The van der Waals surface area contributed by atoms with Crippen molar-refractivity contribution in [3.8, 4) is 22.9 Å². The number of aryl methyl sites for hydroxylation is 1. The van der Waals surface area contributed by atoms with Crippen LogP contribution in [0, 0.1) is 5.82 Å². The molecule has 35 heavy (non-hydrogen) atoms. The Morgan fingerprint density at radius 2 is 1.91 bits per heavy atom. The maximum atomic E-state index is 13.5. The third-order valence-electron chi connectivity index (χ3n) is 5.73. The number of carbonyl (C=O) groups is 1. The molecule has 1 N–H and O–H groups in total. The number of rotatable bonds is 7. The molecule has 1 unspecified atom stereocenters. The summed E-state index contributed by atoms with van der Waals surface area (Å²) in [5.41, 5.74) is 2.02. The van der Waals surface area contributed by atoms with Crippen LogP contribution < -0.4 is 10.1 Å². The molecular weight excluding hydrogens is 447 g/mol. The summed E-state index contributed by atoms with van der Waals surface area (Å²) >= 11 is 0. The van der Waals surface area contributed by atoms with Gasteiger partial charge in [0.1, 0.15) is 17.3 Å². The molecule has 1 aliphatic rings. The molecule has 1 fully saturated rings. The summed E-state index contributed by atoms with van der Waals surface area (Å²) in [4.78, 5) is 15.1. The van der Waals surface area contributed by atoms with E-state index < -0.39 is 5.54 Å². The summed E-state index contributed by atoms with van der Waals surface area (Å²) in [6.45, 7) is 7.31. The molecule has 2 aromatic carbocycles. The van der Waals surface area contributed by atoms with Gasteiger partial charge in [-0.1, -0.05) is 30.3 Å². The molecule has 0 radical (unpaired) electrons. The molecule has 1 aromatic heterocycles. The number of nitrogens with zero attached hydrogens (tertiary/aromatic N) is 3. The number of hydrogen-bond donors (Lipinski definition) is 1. The predicted molar refractivity (Wildman–Crippen MR) is 133 cm³/mol. The number of urea groups is 1. The van der Waals surface area contributed by atoms with E-state index in [4.69, 9.17) is 14.6 Å². The van der Waals surface area contributed by atoms with Gasteiger partial charge in [0.2, 0.25) is 5.88 Å². The van der Waals surface area contributed by atoms with Crippen LogP contribution in [-0.4, -0.2) is 45.5 Å². The number of carbonyl (C=O) groups excluding carboxylic acids is 1. The van der Waals surface area contributed by atoms with Crippen molar-refractivity contribution >= 4 is 6.03 Å². The average Bonchev–Trinajstić information content (AvgIpc) is 3.43. The lowest BCUT2D eigenvalue weighted by molar-refractivity contribution is 0.0780. The molecule has 7 nitrogen and oxygen atoms in total. The van der Waals surface area contributed by atoms with Crippen LogP contribution in [0.4, 0.5) is 9.18 Å². The van der Waals surface area contributed by atoms with Crippen LogP contribution >= 0.6 is 0 Å². The van der Waals surface area contributed by atoms with E-state index in [1.807, 2.05) is 51.1 Å². The smallest absolute Gasteiger partial charge is 0.318 e. The number of amides is 2. The Kier molecular flexibility index (Phi) is 7.40. The summed E-state index contributed by atoms with van der Waals surface area (Å²) in [6, 6.07) is 15.5. The molecule has 4 rings (SSSR count). The van der Waals surface area contributed by atoms with Gasteiger partial charge in [0.25, 0.3) is 0 Å². The first-order valence-electron chi connectivity index (χ1n) is 11.9. The first-order chi connectivity index (χ1) is 16.7. The van der Waals surface area contributed by atoms with Crippen molar-refractivity contribution in [2.24, 2.45) is 7.05 Å². The quantitative estimate of drug-likeness (QED) is 0.484. The van der Waals surface area contributed by atoms with E-state index in [2.05, 4.69) is 5.32 Å². The molecule has 2 heterocycles. The second-order valence-electron chi connectivity index (χ2n) is 9.87. The van der Waals surface area contributed by atoms with Crippen LogP contribution in [0.3, 0.4) is 0 Å². The number of aromatic nitrogens is 2. The van der Waals surface area contributed by atoms with E-state index in [9.17, 15) is 9.18 Å². The van der Waals surface area contributed by atoms with E-state index >= 15 is 0 Å². The summed E-state index contributed by atoms with van der Waals surface area (Å²) in [5, 5.41) is 7.82. The zero-order valence-corrected chi connectivity index (χ0v) is 20.8. The molecular formula is C27H33FN4O3. The van der Waals surface area contributed by atoms with Crippen molar-refractivity contribution in [2.45, 2.75) is 51.8 Å². The van der Waals surface area contributed by atoms with Crippen molar-refractivity contribution in [3.63, 3.8) is 0 Å². The number of benzene rings is 2. The summed E-state index contributed by atoms with van der Waals surface area (Å²) in [7, 11) is 1.80. The minimum absolute atomic E-state index is 0.0148. The van der Waals surface area contributed by atoms with E-state index in [0.29, 0.717) is 24.8 Å². The van der Waals surface area contributed by atoms with Crippen molar-refractivity contribution in [1.29, 1.82) is 0 Å². The summed E-state index contributed by atoms with van der Waals surface area (Å²) in [5.74, 6) is 0.644. The molecule has 1 saturated heterocycles. The van der Waals surface area contributed by atoms with Crippen LogP contribution in [-0.2, 0) is 18.3 Å². The third kappa shape index (κ3) is 6.39. The Bertz CT molecular complexity index is 1130. The Hall–Kier alpha value is -3.39. The number of hydrogen-bond acceptors (Lipinski definition) is 4. The fourth-order valence-electron chi connectivity index (χ4n) is 4.11. The van der Waals surface area contributed by atoms with Crippen LogP contribution in [0.15, 0.2) is 54.6 Å². The third-order valence-corrected chi connectivity index (χ3v) is 5.73. The van der Waals surface area contributed by atoms with Gasteiger partial charge >= 0.3 is 6.03 Å². The van der Waals surface area contributed by atoms with E-state index in [0.717, 1.165) is 29.7 Å². The second-order valence-corrected chi connectivity index (χ2v) is 9.87. The van der Waals surface area contributed by atoms with Gasteiger partial charge in [0.15, 0.2) is 0 Å². The van der Waals surface area contributed by atoms with Crippen LogP contribution in [0.1, 0.15) is 39.2 Å². The average molecular weight is 481 g/mol. The predicted octanol–water partition coefficient (Wildman–Crippen LogP) is 5.51. The fourth-order valence-corrected chi connectivity index (χ4v) is 4.11.